The van der Waals surface area contributed by atoms with Crippen molar-refractivity contribution in [2.75, 3.05) is 11.9 Å². The summed E-state index contributed by atoms with van der Waals surface area (Å²) in [6.07, 6.45) is 0.592. The molecule has 0 aliphatic heterocycles. The summed E-state index contributed by atoms with van der Waals surface area (Å²) in [6.45, 7) is 0.488. The maximum absolute atomic E-state index is 13.7. The van der Waals surface area contributed by atoms with Gasteiger partial charge in [0.25, 0.3) is 0 Å². The average Bonchev–Trinajstić information content (AvgIpc) is 2.86. The SMILES string of the molecule is O=C(O)CCCNc1nnc(-c2cc(Br)ccc2F)s1. The Morgan fingerprint density at radius 1 is 1.45 bits per heavy atom. The van der Waals surface area contributed by atoms with Crippen molar-refractivity contribution in [3.8, 4) is 10.6 Å². The summed E-state index contributed by atoms with van der Waals surface area (Å²) in [5, 5.41) is 20.4. The zero-order chi connectivity index (χ0) is 14.5. The van der Waals surface area contributed by atoms with Gasteiger partial charge in [-0.2, -0.15) is 0 Å². The summed E-state index contributed by atoms with van der Waals surface area (Å²) in [6, 6.07) is 4.62. The molecule has 2 aromatic rings. The second-order valence-electron chi connectivity index (χ2n) is 3.96. The summed E-state index contributed by atoms with van der Waals surface area (Å²) < 4.78 is 14.5. The number of hydrogen-bond donors (Lipinski definition) is 2. The molecule has 0 unspecified atom stereocenters. The standard InChI is InChI=1S/C12H11BrFN3O2S/c13-7-3-4-9(14)8(6-7)11-16-17-12(20-11)15-5-1-2-10(18)19/h3-4,6H,1-2,5H2,(H,15,17)(H,18,19). The second-order valence-corrected chi connectivity index (χ2v) is 5.85. The van der Waals surface area contributed by atoms with Crippen LogP contribution in [-0.4, -0.2) is 27.8 Å². The van der Waals surface area contributed by atoms with Crippen LogP contribution in [-0.2, 0) is 4.79 Å². The molecule has 5 nitrogen and oxygen atoms in total. The number of nitrogens with one attached hydrogen (secondary N) is 1. The van der Waals surface area contributed by atoms with E-state index in [1.165, 1.54) is 17.4 Å². The van der Waals surface area contributed by atoms with E-state index in [2.05, 4.69) is 31.4 Å². The van der Waals surface area contributed by atoms with Gasteiger partial charge in [-0.15, -0.1) is 10.2 Å². The van der Waals surface area contributed by atoms with Gasteiger partial charge in [0.15, 0.2) is 5.01 Å². The van der Waals surface area contributed by atoms with Gasteiger partial charge in [-0.3, -0.25) is 4.79 Å². The van der Waals surface area contributed by atoms with Crippen molar-refractivity contribution in [1.29, 1.82) is 0 Å². The van der Waals surface area contributed by atoms with Crippen LogP contribution in [0.2, 0.25) is 0 Å². The van der Waals surface area contributed by atoms with Gasteiger partial charge in [-0.25, -0.2) is 4.39 Å². The molecule has 20 heavy (non-hydrogen) atoms. The number of carboxylic acid groups (broad SMARTS) is 1. The highest BCUT2D eigenvalue weighted by molar-refractivity contribution is 9.10. The van der Waals surface area contributed by atoms with Crippen molar-refractivity contribution in [1.82, 2.24) is 10.2 Å². The summed E-state index contributed by atoms with van der Waals surface area (Å²) >= 11 is 4.51. The fraction of sp³-hybridized carbons (Fsp3) is 0.250. The predicted molar refractivity (Wildman–Crippen MR) is 78.4 cm³/mol. The lowest BCUT2D eigenvalue weighted by atomic mass is 10.2. The summed E-state index contributed by atoms with van der Waals surface area (Å²) in [5.41, 5.74) is 0.385. The molecule has 8 heteroatoms. The molecular formula is C12H11BrFN3O2S. The van der Waals surface area contributed by atoms with Crippen LogP contribution in [0.4, 0.5) is 9.52 Å². The molecule has 1 heterocycles. The topological polar surface area (TPSA) is 75.1 Å². The molecule has 0 saturated carbocycles. The van der Waals surface area contributed by atoms with Crippen LogP contribution in [0.5, 0.6) is 0 Å². The lowest BCUT2D eigenvalue weighted by molar-refractivity contribution is -0.137. The summed E-state index contributed by atoms with van der Waals surface area (Å²) in [7, 11) is 0. The number of aliphatic carboxylic acids is 1. The van der Waals surface area contributed by atoms with E-state index in [9.17, 15) is 9.18 Å². The third-order valence-corrected chi connectivity index (χ3v) is 3.83. The average molecular weight is 360 g/mol. The Balaban J connectivity index is 2.01. The minimum atomic E-state index is -0.832. The minimum Gasteiger partial charge on any atom is -0.481 e. The first-order valence-corrected chi connectivity index (χ1v) is 7.42. The van der Waals surface area contributed by atoms with Crippen molar-refractivity contribution in [3.05, 3.63) is 28.5 Å². The maximum atomic E-state index is 13.7. The molecule has 0 bridgehead atoms. The van der Waals surface area contributed by atoms with Gasteiger partial charge in [0, 0.05) is 23.0 Å². The van der Waals surface area contributed by atoms with E-state index in [0.717, 1.165) is 4.47 Å². The van der Waals surface area contributed by atoms with Gasteiger partial charge in [-0.05, 0) is 24.6 Å². The Kier molecular flexibility index (Phi) is 5.02. The van der Waals surface area contributed by atoms with Crippen molar-refractivity contribution in [3.63, 3.8) is 0 Å². The molecule has 0 spiro atoms. The molecule has 0 aliphatic rings. The van der Waals surface area contributed by atoms with Gasteiger partial charge in [0.2, 0.25) is 5.13 Å². The van der Waals surface area contributed by atoms with Gasteiger partial charge in [0.05, 0.1) is 0 Å². The van der Waals surface area contributed by atoms with Gasteiger partial charge in [0.1, 0.15) is 5.82 Å². The van der Waals surface area contributed by atoms with Crippen LogP contribution in [0, 0.1) is 5.82 Å². The molecule has 1 aromatic heterocycles. The molecule has 106 valence electrons. The lowest BCUT2D eigenvalue weighted by Crippen LogP contribution is -2.04. The van der Waals surface area contributed by atoms with E-state index in [1.807, 2.05) is 0 Å². The Labute approximate surface area is 127 Å². The van der Waals surface area contributed by atoms with E-state index in [4.69, 9.17) is 5.11 Å². The first-order chi connectivity index (χ1) is 9.56. The quantitative estimate of drug-likeness (QED) is 0.773. The zero-order valence-electron chi connectivity index (χ0n) is 10.3. The zero-order valence-corrected chi connectivity index (χ0v) is 12.7. The number of carbonyl (C=O) groups is 1. The number of nitrogens with zero attached hydrogens (tertiary/aromatic N) is 2. The second kappa shape index (κ2) is 6.76. The summed E-state index contributed by atoms with van der Waals surface area (Å²) in [5.74, 6) is -1.19. The van der Waals surface area contributed by atoms with Crippen LogP contribution in [0.1, 0.15) is 12.8 Å². The number of halogens is 2. The van der Waals surface area contributed by atoms with Crippen molar-refractivity contribution in [2.24, 2.45) is 0 Å². The van der Waals surface area contributed by atoms with E-state index < -0.39 is 5.97 Å². The fourth-order valence-electron chi connectivity index (χ4n) is 1.50. The molecule has 0 amide bonds. The van der Waals surface area contributed by atoms with Gasteiger partial charge in [-0.1, -0.05) is 27.3 Å². The van der Waals surface area contributed by atoms with Gasteiger partial charge >= 0.3 is 5.97 Å². The lowest BCUT2D eigenvalue weighted by Gasteiger charge is -1.99. The van der Waals surface area contributed by atoms with E-state index in [1.54, 1.807) is 12.1 Å². The number of carboxylic acids is 1. The molecule has 0 saturated heterocycles. The first kappa shape index (κ1) is 14.9. The van der Waals surface area contributed by atoms with E-state index in [0.29, 0.717) is 28.7 Å². The molecule has 0 radical (unpaired) electrons. The maximum Gasteiger partial charge on any atom is 0.303 e. The third kappa shape index (κ3) is 3.97. The smallest absolute Gasteiger partial charge is 0.303 e. The summed E-state index contributed by atoms with van der Waals surface area (Å²) in [4.78, 5) is 10.4. The molecule has 0 fully saturated rings. The van der Waals surface area contributed by atoms with Crippen molar-refractivity contribution < 1.29 is 14.3 Å². The largest absolute Gasteiger partial charge is 0.481 e. The van der Waals surface area contributed by atoms with Gasteiger partial charge < -0.3 is 10.4 Å². The molecule has 1 aromatic carbocycles. The Bertz CT molecular complexity index is 620. The van der Waals surface area contributed by atoms with Crippen LogP contribution < -0.4 is 5.32 Å². The molecular weight excluding hydrogens is 349 g/mol. The number of aromatic nitrogens is 2. The normalized spacial score (nSPS) is 10.5. The molecule has 2 rings (SSSR count). The molecule has 0 atom stereocenters. The highest BCUT2D eigenvalue weighted by atomic mass is 79.9. The first-order valence-electron chi connectivity index (χ1n) is 5.81. The number of rotatable bonds is 6. The fourth-order valence-corrected chi connectivity index (χ4v) is 2.65. The number of anilines is 1. The predicted octanol–water partition coefficient (Wildman–Crippen LogP) is 3.38. The van der Waals surface area contributed by atoms with Crippen LogP contribution in [0.15, 0.2) is 22.7 Å². The highest BCUT2D eigenvalue weighted by Crippen LogP contribution is 2.30. The molecule has 2 N–H and O–H groups in total. The minimum absolute atomic E-state index is 0.0962. The Morgan fingerprint density at radius 2 is 2.25 bits per heavy atom. The Hall–Kier alpha value is -1.54. The third-order valence-electron chi connectivity index (χ3n) is 2.43. The van der Waals surface area contributed by atoms with E-state index in [-0.39, 0.29) is 12.2 Å². The molecule has 0 aliphatic carbocycles. The van der Waals surface area contributed by atoms with Crippen molar-refractivity contribution in [2.45, 2.75) is 12.8 Å². The highest BCUT2D eigenvalue weighted by Gasteiger charge is 2.11. The van der Waals surface area contributed by atoms with Crippen LogP contribution in [0.3, 0.4) is 0 Å². The number of benzene rings is 1. The Morgan fingerprint density at radius 3 is 3.00 bits per heavy atom. The van der Waals surface area contributed by atoms with Crippen LogP contribution >= 0.6 is 27.3 Å². The monoisotopic (exact) mass is 359 g/mol. The van der Waals surface area contributed by atoms with E-state index >= 15 is 0 Å². The van der Waals surface area contributed by atoms with Crippen molar-refractivity contribution >= 4 is 38.4 Å². The van der Waals surface area contributed by atoms with Crippen LogP contribution in [0.25, 0.3) is 10.6 Å². The number of hydrogen-bond acceptors (Lipinski definition) is 5.